The van der Waals surface area contributed by atoms with Crippen LogP contribution in [0, 0.1) is 0 Å². The van der Waals surface area contributed by atoms with Crippen LogP contribution in [0.4, 0.5) is 0 Å². The Morgan fingerprint density at radius 2 is 2.26 bits per heavy atom. The SMILES string of the molecule is COC(=O)CC(O)CNCC(C)(C)c1ccccn1. The number of pyridine rings is 1. The average molecular weight is 266 g/mol. The number of hydrogen-bond donors (Lipinski definition) is 2. The largest absolute Gasteiger partial charge is 0.469 e. The quantitative estimate of drug-likeness (QED) is 0.717. The Labute approximate surface area is 114 Å². The minimum Gasteiger partial charge on any atom is -0.469 e. The average Bonchev–Trinajstić information content (AvgIpc) is 2.39. The summed E-state index contributed by atoms with van der Waals surface area (Å²) < 4.78 is 4.50. The van der Waals surface area contributed by atoms with E-state index < -0.39 is 12.1 Å². The van der Waals surface area contributed by atoms with Gasteiger partial charge in [0.05, 0.1) is 19.6 Å². The molecule has 2 N–H and O–H groups in total. The summed E-state index contributed by atoms with van der Waals surface area (Å²) in [5.41, 5.74) is 0.858. The van der Waals surface area contributed by atoms with Crippen molar-refractivity contribution < 1.29 is 14.6 Å². The van der Waals surface area contributed by atoms with Gasteiger partial charge in [0.2, 0.25) is 0 Å². The van der Waals surface area contributed by atoms with Crippen LogP contribution in [-0.4, -0.2) is 42.4 Å². The molecule has 0 spiro atoms. The lowest BCUT2D eigenvalue weighted by Gasteiger charge is -2.25. The Balaban J connectivity index is 2.38. The first-order chi connectivity index (χ1) is 8.95. The number of aliphatic hydroxyl groups is 1. The van der Waals surface area contributed by atoms with Gasteiger partial charge in [0.1, 0.15) is 0 Å². The van der Waals surface area contributed by atoms with Gasteiger partial charge in [-0.1, -0.05) is 19.9 Å². The maximum atomic E-state index is 11.0. The number of aromatic nitrogens is 1. The molecule has 106 valence electrons. The van der Waals surface area contributed by atoms with Crippen molar-refractivity contribution in [1.82, 2.24) is 10.3 Å². The first-order valence-corrected chi connectivity index (χ1v) is 6.33. The van der Waals surface area contributed by atoms with E-state index in [0.717, 1.165) is 5.69 Å². The van der Waals surface area contributed by atoms with Crippen LogP contribution in [-0.2, 0) is 14.9 Å². The third kappa shape index (κ3) is 5.36. The fourth-order valence-corrected chi connectivity index (χ4v) is 1.75. The van der Waals surface area contributed by atoms with Crippen molar-refractivity contribution in [3.8, 4) is 0 Å². The number of aliphatic hydroxyl groups excluding tert-OH is 1. The lowest BCUT2D eigenvalue weighted by atomic mass is 9.88. The molecule has 0 saturated carbocycles. The summed E-state index contributed by atoms with van der Waals surface area (Å²) in [5, 5.41) is 12.8. The van der Waals surface area contributed by atoms with Gasteiger partial charge in [-0.25, -0.2) is 0 Å². The summed E-state index contributed by atoms with van der Waals surface area (Å²) in [4.78, 5) is 15.3. The number of carbonyl (C=O) groups is 1. The van der Waals surface area contributed by atoms with Gasteiger partial charge in [0.25, 0.3) is 0 Å². The van der Waals surface area contributed by atoms with Crippen LogP contribution in [0.1, 0.15) is 26.0 Å². The van der Waals surface area contributed by atoms with Gasteiger partial charge < -0.3 is 15.2 Å². The highest BCUT2D eigenvalue weighted by atomic mass is 16.5. The molecule has 0 aliphatic rings. The molecule has 0 aromatic carbocycles. The third-order valence-corrected chi connectivity index (χ3v) is 2.94. The molecule has 1 aromatic rings. The second kappa shape index (κ2) is 7.21. The highest BCUT2D eigenvalue weighted by Crippen LogP contribution is 2.19. The van der Waals surface area contributed by atoms with Gasteiger partial charge in [0.15, 0.2) is 0 Å². The molecule has 0 fully saturated rings. The predicted molar refractivity (Wildman–Crippen MR) is 72.8 cm³/mol. The van der Waals surface area contributed by atoms with E-state index in [9.17, 15) is 9.90 Å². The Morgan fingerprint density at radius 1 is 1.53 bits per heavy atom. The van der Waals surface area contributed by atoms with Gasteiger partial charge in [-0.2, -0.15) is 0 Å². The van der Waals surface area contributed by atoms with Crippen molar-refractivity contribution in [2.75, 3.05) is 20.2 Å². The van der Waals surface area contributed by atoms with Gasteiger partial charge in [0, 0.05) is 30.4 Å². The number of rotatable bonds is 7. The maximum Gasteiger partial charge on any atom is 0.308 e. The molecule has 5 heteroatoms. The zero-order chi connectivity index (χ0) is 14.3. The smallest absolute Gasteiger partial charge is 0.308 e. The first kappa shape index (κ1) is 15.6. The molecule has 1 unspecified atom stereocenters. The van der Waals surface area contributed by atoms with E-state index in [4.69, 9.17) is 0 Å². The summed E-state index contributed by atoms with van der Waals surface area (Å²) in [6.45, 7) is 5.18. The lowest BCUT2D eigenvalue weighted by molar-refractivity contribution is -0.142. The summed E-state index contributed by atoms with van der Waals surface area (Å²) >= 11 is 0. The molecule has 1 heterocycles. The van der Waals surface area contributed by atoms with E-state index in [-0.39, 0.29) is 11.8 Å². The minimum absolute atomic E-state index is 0.00746. The molecule has 0 saturated heterocycles. The third-order valence-electron chi connectivity index (χ3n) is 2.94. The fraction of sp³-hybridized carbons (Fsp3) is 0.571. The molecular weight excluding hydrogens is 244 g/mol. The number of ether oxygens (including phenoxy) is 1. The first-order valence-electron chi connectivity index (χ1n) is 6.33. The van der Waals surface area contributed by atoms with E-state index in [0.29, 0.717) is 13.1 Å². The number of nitrogens with one attached hydrogen (secondary N) is 1. The van der Waals surface area contributed by atoms with Crippen LogP contribution in [0.15, 0.2) is 24.4 Å². The molecule has 0 aliphatic carbocycles. The second-order valence-electron chi connectivity index (χ2n) is 5.16. The van der Waals surface area contributed by atoms with Gasteiger partial charge >= 0.3 is 5.97 Å². The van der Waals surface area contributed by atoms with Crippen LogP contribution >= 0.6 is 0 Å². The lowest BCUT2D eigenvalue weighted by Crippen LogP contribution is -2.38. The number of carbonyl (C=O) groups excluding carboxylic acids is 1. The number of esters is 1. The maximum absolute atomic E-state index is 11.0. The van der Waals surface area contributed by atoms with E-state index in [1.54, 1.807) is 6.20 Å². The fourth-order valence-electron chi connectivity index (χ4n) is 1.75. The van der Waals surface area contributed by atoms with E-state index in [2.05, 4.69) is 28.9 Å². The van der Waals surface area contributed by atoms with Gasteiger partial charge in [-0.3, -0.25) is 9.78 Å². The van der Waals surface area contributed by atoms with Crippen molar-refractivity contribution in [2.45, 2.75) is 31.8 Å². The Morgan fingerprint density at radius 3 is 2.84 bits per heavy atom. The molecule has 0 radical (unpaired) electrons. The van der Waals surface area contributed by atoms with Gasteiger partial charge in [-0.15, -0.1) is 0 Å². The number of hydrogen-bond acceptors (Lipinski definition) is 5. The molecule has 0 aliphatic heterocycles. The van der Waals surface area contributed by atoms with Crippen molar-refractivity contribution in [3.05, 3.63) is 30.1 Å². The van der Waals surface area contributed by atoms with Crippen LogP contribution in [0.25, 0.3) is 0 Å². The van der Waals surface area contributed by atoms with Crippen molar-refractivity contribution in [1.29, 1.82) is 0 Å². The molecule has 1 aromatic heterocycles. The Bertz CT molecular complexity index is 393. The Hall–Kier alpha value is -1.46. The van der Waals surface area contributed by atoms with Crippen LogP contribution in [0.5, 0.6) is 0 Å². The van der Waals surface area contributed by atoms with Crippen molar-refractivity contribution >= 4 is 5.97 Å². The zero-order valence-corrected chi connectivity index (χ0v) is 11.7. The standard InChI is InChI=1S/C14H22N2O3/c1-14(2,12-6-4-5-7-16-12)10-15-9-11(17)8-13(18)19-3/h4-7,11,15,17H,8-10H2,1-3H3. The topological polar surface area (TPSA) is 71.5 Å². The van der Waals surface area contributed by atoms with E-state index in [1.807, 2.05) is 18.2 Å². The second-order valence-corrected chi connectivity index (χ2v) is 5.16. The molecule has 1 atom stereocenters. The molecule has 0 amide bonds. The summed E-state index contributed by atoms with van der Waals surface area (Å²) in [5.74, 6) is -0.404. The van der Waals surface area contributed by atoms with Gasteiger partial charge in [-0.05, 0) is 12.1 Å². The molecule has 5 nitrogen and oxygen atoms in total. The molecule has 19 heavy (non-hydrogen) atoms. The highest BCUT2D eigenvalue weighted by molar-refractivity contribution is 5.69. The predicted octanol–water partition coefficient (Wildman–Crippen LogP) is 0.873. The highest BCUT2D eigenvalue weighted by Gasteiger charge is 2.22. The summed E-state index contributed by atoms with van der Waals surface area (Å²) in [6, 6.07) is 5.82. The zero-order valence-electron chi connectivity index (χ0n) is 11.7. The number of methoxy groups -OCH3 is 1. The van der Waals surface area contributed by atoms with Crippen LogP contribution in [0.2, 0.25) is 0 Å². The molecular formula is C14H22N2O3. The van der Waals surface area contributed by atoms with Crippen LogP contribution in [0.3, 0.4) is 0 Å². The van der Waals surface area contributed by atoms with Crippen molar-refractivity contribution in [3.63, 3.8) is 0 Å². The summed E-state index contributed by atoms with van der Waals surface area (Å²) in [6.07, 6.45) is 1.04. The normalized spacial score (nSPS) is 13.1. The number of nitrogens with zero attached hydrogens (tertiary/aromatic N) is 1. The monoisotopic (exact) mass is 266 g/mol. The Kier molecular flexibility index (Phi) is 5.92. The summed E-state index contributed by atoms with van der Waals surface area (Å²) in [7, 11) is 1.31. The molecule has 0 bridgehead atoms. The van der Waals surface area contributed by atoms with E-state index in [1.165, 1.54) is 7.11 Å². The van der Waals surface area contributed by atoms with Crippen LogP contribution < -0.4 is 5.32 Å². The molecule has 1 rings (SSSR count). The van der Waals surface area contributed by atoms with Crippen molar-refractivity contribution in [2.24, 2.45) is 0 Å². The minimum atomic E-state index is -0.730. The van der Waals surface area contributed by atoms with E-state index >= 15 is 0 Å².